The van der Waals surface area contributed by atoms with Crippen LogP contribution in [0.25, 0.3) is 0 Å². The van der Waals surface area contributed by atoms with Crippen LogP contribution in [-0.2, 0) is 16.1 Å². The number of aryl methyl sites for hydroxylation is 1. The zero-order valence-electron chi connectivity index (χ0n) is 14.9. The van der Waals surface area contributed by atoms with Gasteiger partial charge in [-0.15, -0.1) is 0 Å². The molecule has 0 atom stereocenters. The van der Waals surface area contributed by atoms with Crippen molar-refractivity contribution in [1.29, 1.82) is 0 Å². The molecule has 0 aliphatic rings. The fourth-order valence-corrected chi connectivity index (χ4v) is 2.03. The highest BCUT2D eigenvalue weighted by molar-refractivity contribution is 6.04. The number of nitrogens with one attached hydrogen (secondary N) is 2. The van der Waals surface area contributed by atoms with Crippen molar-refractivity contribution in [1.82, 2.24) is 15.5 Å². The van der Waals surface area contributed by atoms with E-state index < -0.39 is 5.41 Å². The molecule has 0 saturated carbocycles. The molecule has 1 aromatic carbocycles. The van der Waals surface area contributed by atoms with Gasteiger partial charge in [0.2, 0.25) is 11.8 Å². The number of carbonyl (C=O) groups is 2. The van der Waals surface area contributed by atoms with Crippen LogP contribution >= 0.6 is 0 Å². The van der Waals surface area contributed by atoms with Gasteiger partial charge in [-0.25, -0.2) is 0 Å². The molecule has 0 aliphatic heterocycles. The van der Waals surface area contributed by atoms with E-state index in [1.165, 1.54) is 5.56 Å². The Balaban J connectivity index is 2.45. The molecule has 0 bridgehead atoms. The zero-order chi connectivity index (χ0) is 17.5. The molecule has 0 radical (unpaired) electrons. The summed E-state index contributed by atoms with van der Waals surface area (Å²) < 4.78 is 0. The van der Waals surface area contributed by atoms with Gasteiger partial charge in [-0.05, 0) is 53.4 Å². The summed E-state index contributed by atoms with van der Waals surface area (Å²) in [5.74, 6) is -0.499. The van der Waals surface area contributed by atoms with Gasteiger partial charge in [-0.3, -0.25) is 9.59 Å². The molecule has 0 spiro atoms. The van der Waals surface area contributed by atoms with Crippen LogP contribution in [0.1, 0.15) is 31.4 Å². The topological polar surface area (TPSA) is 61.4 Å². The van der Waals surface area contributed by atoms with Crippen LogP contribution < -0.4 is 10.6 Å². The third-order valence-corrected chi connectivity index (χ3v) is 3.78. The van der Waals surface area contributed by atoms with E-state index in [0.717, 1.165) is 18.5 Å². The molecule has 1 aromatic rings. The highest BCUT2D eigenvalue weighted by Gasteiger charge is 2.35. The Morgan fingerprint density at radius 2 is 1.61 bits per heavy atom. The predicted octanol–water partition coefficient (Wildman–Crippen LogP) is 1.71. The van der Waals surface area contributed by atoms with Crippen LogP contribution in [0.3, 0.4) is 0 Å². The molecule has 0 aromatic heterocycles. The lowest BCUT2D eigenvalue weighted by Crippen LogP contribution is -2.48. The summed E-state index contributed by atoms with van der Waals surface area (Å²) in [6.07, 6.45) is 0.861. The van der Waals surface area contributed by atoms with E-state index in [9.17, 15) is 9.59 Å². The second kappa shape index (κ2) is 8.67. The standard InChI is InChI=1S/C18H29N3O2/c1-14-7-9-15(10-8-14)13-20-17(23)18(2,3)16(22)19-11-6-12-21(4)5/h7-10H,6,11-13H2,1-5H3,(H,19,22)(H,20,23). The van der Waals surface area contributed by atoms with Gasteiger partial charge in [-0.2, -0.15) is 0 Å². The van der Waals surface area contributed by atoms with Crippen LogP contribution in [0.15, 0.2) is 24.3 Å². The first-order valence-corrected chi connectivity index (χ1v) is 8.00. The van der Waals surface area contributed by atoms with Gasteiger partial charge in [0.05, 0.1) is 0 Å². The van der Waals surface area contributed by atoms with E-state index in [2.05, 4.69) is 15.5 Å². The number of nitrogens with zero attached hydrogens (tertiary/aromatic N) is 1. The van der Waals surface area contributed by atoms with Crippen molar-refractivity contribution in [3.05, 3.63) is 35.4 Å². The van der Waals surface area contributed by atoms with Crippen molar-refractivity contribution in [3.63, 3.8) is 0 Å². The summed E-state index contributed by atoms with van der Waals surface area (Å²) in [6.45, 7) is 7.23. The van der Waals surface area contributed by atoms with E-state index in [1.807, 2.05) is 45.3 Å². The summed E-state index contributed by atoms with van der Waals surface area (Å²) in [4.78, 5) is 26.6. The van der Waals surface area contributed by atoms with Gasteiger partial charge >= 0.3 is 0 Å². The summed E-state index contributed by atoms with van der Waals surface area (Å²) in [5.41, 5.74) is 1.12. The highest BCUT2D eigenvalue weighted by Crippen LogP contribution is 2.16. The molecule has 0 saturated heterocycles. The van der Waals surface area contributed by atoms with Crippen LogP contribution in [0, 0.1) is 12.3 Å². The molecule has 2 amide bonds. The summed E-state index contributed by atoms with van der Waals surface area (Å²) in [7, 11) is 3.98. The molecular weight excluding hydrogens is 290 g/mol. The lowest BCUT2D eigenvalue weighted by molar-refractivity contribution is -0.141. The number of hydrogen-bond acceptors (Lipinski definition) is 3. The Bertz CT molecular complexity index is 522. The Hall–Kier alpha value is -1.88. The first kappa shape index (κ1) is 19.2. The molecule has 5 nitrogen and oxygen atoms in total. The molecule has 23 heavy (non-hydrogen) atoms. The molecule has 5 heteroatoms. The van der Waals surface area contributed by atoms with Crippen LogP contribution in [0.5, 0.6) is 0 Å². The lowest BCUT2D eigenvalue weighted by Gasteiger charge is -2.23. The molecule has 128 valence electrons. The number of benzene rings is 1. The largest absolute Gasteiger partial charge is 0.355 e. The summed E-state index contributed by atoms with van der Waals surface area (Å²) in [5, 5.41) is 5.68. The zero-order valence-corrected chi connectivity index (χ0v) is 14.9. The molecule has 2 N–H and O–H groups in total. The van der Waals surface area contributed by atoms with Crippen LogP contribution in [0.2, 0.25) is 0 Å². The van der Waals surface area contributed by atoms with E-state index in [0.29, 0.717) is 13.1 Å². The molecule has 1 rings (SSSR count). The fraction of sp³-hybridized carbons (Fsp3) is 0.556. The van der Waals surface area contributed by atoms with Crippen LogP contribution in [-0.4, -0.2) is 43.9 Å². The van der Waals surface area contributed by atoms with Crippen molar-refractivity contribution in [2.45, 2.75) is 33.7 Å². The van der Waals surface area contributed by atoms with Gasteiger partial charge in [0.1, 0.15) is 5.41 Å². The first-order valence-electron chi connectivity index (χ1n) is 8.00. The van der Waals surface area contributed by atoms with Crippen molar-refractivity contribution >= 4 is 11.8 Å². The predicted molar refractivity (Wildman–Crippen MR) is 93.0 cm³/mol. The quantitative estimate of drug-likeness (QED) is 0.566. The smallest absolute Gasteiger partial charge is 0.235 e. The van der Waals surface area contributed by atoms with Gasteiger partial charge in [0.15, 0.2) is 0 Å². The van der Waals surface area contributed by atoms with Gasteiger partial charge in [0, 0.05) is 13.1 Å². The van der Waals surface area contributed by atoms with E-state index in [4.69, 9.17) is 0 Å². The number of carbonyl (C=O) groups excluding carboxylic acids is 2. The maximum absolute atomic E-state index is 12.3. The van der Waals surface area contributed by atoms with E-state index in [-0.39, 0.29) is 11.8 Å². The average Bonchev–Trinajstić information content (AvgIpc) is 2.50. The Kier molecular flexibility index (Phi) is 7.23. The maximum atomic E-state index is 12.3. The summed E-state index contributed by atoms with van der Waals surface area (Å²) >= 11 is 0. The molecule has 0 unspecified atom stereocenters. The maximum Gasteiger partial charge on any atom is 0.235 e. The third kappa shape index (κ3) is 6.40. The Morgan fingerprint density at radius 1 is 1.04 bits per heavy atom. The van der Waals surface area contributed by atoms with Gasteiger partial charge in [-0.1, -0.05) is 29.8 Å². The number of hydrogen-bond donors (Lipinski definition) is 2. The monoisotopic (exact) mass is 319 g/mol. The summed E-state index contributed by atoms with van der Waals surface area (Å²) in [6, 6.07) is 7.96. The van der Waals surface area contributed by atoms with E-state index >= 15 is 0 Å². The molecular formula is C18H29N3O2. The number of amides is 2. The van der Waals surface area contributed by atoms with Crippen molar-refractivity contribution in [3.8, 4) is 0 Å². The highest BCUT2D eigenvalue weighted by atomic mass is 16.2. The third-order valence-electron chi connectivity index (χ3n) is 3.78. The minimum absolute atomic E-state index is 0.238. The average molecular weight is 319 g/mol. The normalized spacial score (nSPS) is 11.4. The molecule has 0 aliphatic carbocycles. The lowest BCUT2D eigenvalue weighted by atomic mass is 9.91. The van der Waals surface area contributed by atoms with Gasteiger partial charge < -0.3 is 15.5 Å². The minimum Gasteiger partial charge on any atom is -0.355 e. The SMILES string of the molecule is Cc1ccc(CNC(=O)C(C)(C)C(=O)NCCCN(C)C)cc1. The fourth-order valence-electron chi connectivity index (χ4n) is 2.03. The second-order valence-electron chi connectivity index (χ2n) is 6.71. The molecule has 0 fully saturated rings. The first-order chi connectivity index (χ1) is 10.7. The molecule has 0 heterocycles. The Morgan fingerprint density at radius 3 is 2.17 bits per heavy atom. The second-order valence-corrected chi connectivity index (χ2v) is 6.71. The van der Waals surface area contributed by atoms with Crippen molar-refractivity contribution < 1.29 is 9.59 Å². The van der Waals surface area contributed by atoms with Crippen LogP contribution in [0.4, 0.5) is 0 Å². The Labute approximate surface area is 139 Å². The van der Waals surface area contributed by atoms with Gasteiger partial charge in [0.25, 0.3) is 0 Å². The van der Waals surface area contributed by atoms with E-state index in [1.54, 1.807) is 13.8 Å². The number of rotatable bonds is 8. The van der Waals surface area contributed by atoms with Crippen molar-refractivity contribution in [2.24, 2.45) is 5.41 Å². The van der Waals surface area contributed by atoms with Crippen molar-refractivity contribution in [2.75, 3.05) is 27.2 Å². The minimum atomic E-state index is -1.08.